The molecule has 1 N–H and O–H groups in total. The van der Waals surface area contributed by atoms with E-state index in [1.807, 2.05) is 44.2 Å². The fraction of sp³-hybridized carbons (Fsp3) is 0.400. The molecule has 0 aromatic heterocycles. The Labute approximate surface area is 182 Å². The van der Waals surface area contributed by atoms with Crippen molar-refractivity contribution < 1.29 is 19.1 Å². The Morgan fingerprint density at radius 2 is 1.90 bits per heavy atom. The minimum absolute atomic E-state index is 0.0779. The second kappa shape index (κ2) is 9.41. The normalized spacial score (nSPS) is 14.0. The summed E-state index contributed by atoms with van der Waals surface area (Å²) in [6.45, 7) is 4.02. The first-order chi connectivity index (χ1) is 14.7. The molecule has 1 heterocycles. The number of aliphatic carboxylic acids is 1. The maximum atomic E-state index is 13.4. The van der Waals surface area contributed by atoms with Crippen molar-refractivity contribution in [2.24, 2.45) is 10.9 Å². The van der Waals surface area contributed by atoms with Crippen molar-refractivity contribution in [3.8, 4) is 0 Å². The van der Waals surface area contributed by atoms with Gasteiger partial charge in [-0.3, -0.25) is 14.6 Å². The van der Waals surface area contributed by atoms with Crippen LogP contribution in [0.15, 0.2) is 53.5 Å². The van der Waals surface area contributed by atoms with Crippen molar-refractivity contribution in [3.63, 3.8) is 0 Å². The maximum Gasteiger partial charge on any atom is 0.306 e. The molecule has 0 saturated carbocycles. The Bertz CT molecular complexity index is 986. The minimum atomic E-state index is -0.941. The Hall–Kier alpha value is -3.02. The molecule has 0 bridgehead atoms. The van der Waals surface area contributed by atoms with Crippen molar-refractivity contribution in [2.45, 2.75) is 51.5 Å². The van der Waals surface area contributed by atoms with E-state index in [2.05, 4.69) is 4.99 Å². The van der Waals surface area contributed by atoms with Crippen LogP contribution in [-0.2, 0) is 22.4 Å². The van der Waals surface area contributed by atoms with Crippen LogP contribution in [0.2, 0.25) is 0 Å². The van der Waals surface area contributed by atoms with E-state index in [0.717, 1.165) is 16.8 Å². The summed E-state index contributed by atoms with van der Waals surface area (Å²) >= 11 is 0. The summed E-state index contributed by atoms with van der Waals surface area (Å²) in [6, 6.07) is 14.4. The van der Waals surface area contributed by atoms with Crippen LogP contribution < -0.4 is 0 Å². The van der Waals surface area contributed by atoms with Gasteiger partial charge in [-0.1, -0.05) is 30.3 Å². The van der Waals surface area contributed by atoms with Gasteiger partial charge in [0, 0.05) is 31.1 Å². The topological polar surface area (TPSA) is 70.0 Å². The summed E-state index contributed by atoms with van der Waals surface area (Å²) in [5, 5.41) is 9.66. The van der Waals surface area contributed by atoms with Gasteiger partial charge in [-0.15, -0.1) is 0 Å². The first kappa shape index (κ1) is 22.7. The van der Waals surface area contributed by atoms with Gasteiger partial charge in [0.05, 0.1) is 11.6 Å². The number of hydrogen-bond donors (Lipinski definition) is 1. The van der Waals surface area contributed by atoms with E-state index in [1.54, 1.807) is 18.0 Å². The smallest absolute Gasteiger partial charge is 0.306 e. The zero-order valence-electron chi connectivity index (χ0n) is 18.3. The highest BCUT2D eigenvalue weighted by molar-refractivity contribution is 5.96. The molecule has 0 aliphatic carbocycles. The van der Waals surface area contributed by atoms with E-state index < -0.39 is 17.4 Å². The number of amides is 1. The van der Waals surface area contributed by atoms with E-state index in [9.17, 15) is 19.1 Å². The fourth-order valence-corrected chi connectivity index (χ4v) is 3.97. The number of carboxylic acids is 1. The van der Waals surface area contributed by atoms with Gasteiger partial charge < -0.3 is 10.0 Å². The molecule has 1 amide bonds. The van der Waals surface area contributed by atoms with Crippen LogP contribution in [0.4, 0.5) is 10.1 Å². The molecule has 2 aromatic carbocycles. The maximum absolute atomic E-state index is 13.4. The third-order valence-corrected chi connectivity index (χ3v) is 6.01. The largest absolute Gasteiger partial charge is 0.481 e. The van der Waals surface area contributed by atoms with Gasteiger partial charge in [0.25, 0.3) is 0 Å². The predicted octanol–water partition coefficient (Wildman–Crippen LogP) is 4.81. The van der Waals surface area contributed by atoms with Crippen LogP contribution in [-0.4, -0.2) is 40.2 Å². The van der Waals surface area contributed by atoms with Gasteiger partial charge in [0.15, 0.2) is 0 Å². The van der Waals surface area contributed by atoms with Crippen molar-refractivity contribution in [1.29, 1.82) is 0 Å². The monoisotopic (exact) mass is 424 g/mol. The number of carbonyl (C=O) groups is 2. The summed E-state index contributed by atoms with van der Waals surface area (Å²) in [6.07, 6.45) is 1.82. The lowest BCUT2D eigenvalue weighted by molar-refractivity contribution is -0.142. The number of fused-ring (bicyclic) bond motifs is 1. The number of halogens is 1. The van der Waals surface area contributed by atoms with Crippen LogP contribution in [0.25, 0.3) is 0 Å². The summed E-state index contributed by atoms with van der Waals surface area (Å²) in [7, 11) is 1.77. The Kier molecular flexibility index (Phi) is 6.88. The lowest BCUT2D eigenvalue weighted by atomic mass is 9.91. The Morgan fingerprint density at radius 3 is 2.58 bits per heavy atom. The molecule has 0 fully saturated rings. The number of benzene rings is 2. The summed E-state index contributed by atoms with van der Waals surface area (Å²) in [5.74, 6) is -2.04. The second-order valence-electron chi connectivity index (χ2n) is 8.83. The highest BCUT2D eigenvalue weighted by atomic mass is 19.1. The number of rotatable bonds is 9. The third-order valence-electron chi connectivity index (χ3n) is 6.01. The molecular formula is C25H29FN2O3. The molecule has 5 nitrogen and oxygen atoms in total. The average molecular weight is 425 g/mol. The third kappa shape index (κ3) is 5.78. The fourth-order valence-electron chi connectivity index (χ4n) is 3.97. The zero-order chi connectivity index (χ0) is 22.6. The number of likely N-dealkylation sites (N-methyl/N-ethyl adjacent to an activating group) is 1. The molecule has 164 valence electrons. The standard InChI is InChI=1S/C25H29FN2O3/c1-25(2,16-17-7-5-4-6-8-17)28(3)23(29)12-9-18(24(30)31)14-21-15-19-13-20(26)10-11-22(19)27-21/h4-8,10-11,13,18H,9,12,14-16H2,1-3H3,(H,30,31)/t18-/m1/s1. The van der Waals surface area contributed by atoms with Crippen LogP contribution in [0.3, 0.4) is 0 Å². The number of nitrogens with zero attached hydrogens (tertiary/aromatic N) is 2. The summed E-state index contributed by atoms with van der Waals surface area (Å²) in [4.78, 5) is 30.8. The highest BCUT2D eigenvalue weighted by Crippen LogP contribution is 2.30. The van der Waals surface area contributed by atoms with Gasteiger partial charge in [-0.05, 0) is 62.4 Å². The number of carbonyl (C=O) groups excluding carboxylic acids is 1. The minimum Gasteiger partial charge on any atom is -0.481 e. The number of hydrogen-bond acceptors (Lipinski definition) is 3. The second-order valence-corrected chi connectivity index (χ2v) is 8.83. The lowest BCUT2D eigenvalue weighted by Gasteiger charge is -2.36. The van der Waals surface area contributed by atoms with E-state index in [4.69, 9.17) is 0 Å². The zero-order valence-corrected chi connectivity index (χ0v) is 18.3. The molecule has 1 aliphatic heterocycles. The first-order valence-corrected chi connectivity index (χ1v) is 10.5. The number of carboxylic acid groups (broad SMARTS) is 1. The quantitative estimate of drug-likeness (QED) is 0.628. The van der Waals surface area contributed by atoms with Crippen molar-refractivity contribution >= 4 is 23.3 Å². The van der Waals surface area contributed by atoms with Gasteiger partial charge >= 0.3 is 5.97 Å². The van der Waals surface area contributed by atoms with Gasteiger partial charge in [0.2, 0.25) is 5.91 Å². The van der Waals surface area contributed by atoms with E-state index in [0.29, 0.717) is 18.5 Å². The molecule has 0 unspecified atom stereocenters. The van der Waals surface area contributed by atoms with Crippen molar-refractivity contribution in [2.75, 3.05) is 7.05 Å². The molecule has 1 atom stereocenters. The first-order valence-electron chi connectivity index (χ1n) is 10.5. The van der Waals surface area contributed by atoms with E-state index >= 15 is 0 Å². The molecule has 6 heteroatoms. The van der Waals surface area contributed by atoms with Crippen molar-refractivity contribution in [3.05, 3.63) is 65.5 Å². The van der Waals surface area contributed by atoms with Crippen LogP contribution >= 0.6 is 0 Å². The molecule has 2 aromatic rings. The lowest BCUT2D eigenvalue weighted by Crippen LogP contribution is -2.46. The molecular weight excluding hydrogens is 395 g/mol. The van der Waals surface area contributed by atoms with Gasteiger partial charge in [-0.2, -0.15) is 0 Å². The van der Waals surface area contributed by atoms with E-state index in [1.165, 1.54) is 12.1 Å². The molecule has 0 saturated heterocycles. The molecule has 3 rings (SSSR count). The Balaban J connectivity index is 1.57. The van der Waals surface area contributed by atoms with Crippen LogP contribution in [0.5, 0.6) is 0 Å². The van der Waals surface area contributed by atoms with Gasteiger partial charge in [0.1, 0.15) is 5.82 Å². The average Bonchev–Trinajstić information content (AvgIpc) is 3.12. The molecule has 0 spiro atoms. The van der Waals surface area contributed by atoms with Gasteiger partial charge in [-0.25, -0.2) is 4.39 Å². The molecule has 1 aliphatic rings. The summed E-state index contributed by atoms with van der Waals surface area (Å²) in [5.41, 5.74) is 2.94. The summed E-state index contributed by atoms with van der Waals surface area (Å²) < 4.78 is 13.4. The van der Waals surface area contributed by atoms with E-state index in [-0.39, 0.29) is 31.0 Å². The molecule has 31 heavy (non-hydrogen) atoms. The highest BCUT2D eigenvalue weighted by Gasteiger charge is 2.30. The molecule has 0 radical (unpaired) electrons. The van der Waals surface area contributed by atoms with Crippen LogP contribution in [0.1, 0.15) is 44.2 Å². The van der Waals surface area contributed by atoms with Crippen molar-refractivity contribution in [1.82, 2.24) is 4.90 Å². The Morgan fingerprint density at radius 1 is 1.19 bits per heavy atom. The van der Waals surface area contributed by atoms with Crippen LogP contribution in [0, 0.1) is 11.7 Å². The SMILES string of the molecule is CN(C(=O)CC[C@H](CC1=Nc2ccc(F)cc2C1)C(=O)O)C(C)(C)Cc1ccccc1. The predicted molar refractivity (Wildman–Crippen MR) is 119 cm³/mol. The number of aliphatic imine (C=N–C) groups is 1.